The summed E-state index contributed by atoms with van der Waals surface area (Å²) in [6.07, 6.45) is 1.05. The predicted octanol–water partition coefficient (Wildman–Crippen LogP) is 2.82. The quantitative estimate of drug-likeness (QED) is 0.675. The summed E-state index contributed by atoms with van der Waals surface area (Å²) >= 11 is 5.56. The summed E-state index contributed by atoms with van der Waals surface area (Å²) < 4.78 is 9.22. The maximum atomic E-state index is 5.56. The van der Waals surface area contributed by atoms with E-state index in [1.54, 1.807) is 16.5 Å². The van der Waals surface area contributed by atoms with Gasteiger partial charge in [-0.25, -0.2) is 4.68 Å². The fourth-order valence-electron chi connectivity index (χ4n) is 3.11. The molecule has 7 heteroatoms. The van der Waals surface area contributed by atoms with Gasteiger partial charge in [0.1, 0.15) is 5.75 Å². The Hall–Kier alpha value is -2.51. The van der Waals surface area contributed by atoms with Crippen LogP contribution < -0.4 is 4.74 Å². The molecule has 0 fully saturated rings. The van der Waals surface area contributed by atoms with E-state index < -0.39 is 0 Å². The lowest BCUT2D eigenvalue weighted by Crippen LogP contribution is -2.32. The van der Waals surface area contributed by atoms with Crippen LogP contribution in [0.2, 0.25) is 0 Å². The Labute approximate surface area is 151 Å². The molecule has 1 aliphatic heterocycles. The van der Waals surface area contributed by atoms with Crippen LogP contribution in [0.15, 0.2) is 48.5 Å². The highest BCUT2D eigenvalue weighted by molar-refractivity contribution is 7.71. The molecule has 0 N–H and O–H groups in total. The summed E-state index contributed by atoms with van der Waals surface area (Å²) in [5.74, 6) is 0.801. The summed E-state index contributed by atoms with van der Waals surface area (Å²) in [6.45, 7) is 2.55. The summed E-state index contributed by atoms with van der Waals surface area (Å²) in [6, 6.07) is 16.2. The number of tetrazole rings is 1. The van der Waals surface area contributed by atoms with Gasteiger partial charge in [0.2, 0.25) is 4.77 Å². The van der Waals surface area contributed by atoms with Crippen molar-refractivity contribution in [3.8, 4) is 11.4 Å². The number of nitrogens with zero attached hydrogens (tertiary/aromatic N) is 5. The zero-order valence-corrected chi connectivity index (χ0v) is 14.8. The number of ether oxygens (including phenoxy) is 1. The van der Waals surface area contributed by atoms with E-state index in [-0.39, 0.29) is 0 Å². The number of benzene rings is 2. The van der Waals surface area contributed by atoms with E-state index in [0.29, 0.717) is 11.4 Å². The molecular formula is C18H19N5OS. The number of methoxy groups -OCH3 is 1. The van der Waals surface area contributed by atoms with Gasteiger partial charge in [0, 0.05) is 13.1 Å². The molecule has 2 aromatic carbocycles. The van der Waals surface area contributed by atoms with Gasteiger partial charge in [-0.2, -0.15) is 4.68 Å². The highest BCUT2D eigenvalue weighted by Crippen LogP contribution is 2.19. The van der Waals surface area contributed by atoms with Gasteiger partial charge in [-0.05, 0) is 64.5 Å². The predicted molar refractivity (Wildman–Crippen MR) is 97.3 cm³/mol. The fraction of sp³-hybridized carbons (Fsp3) is 0.278. The second kappa shape index (κ2) is 6.78. The van der Waals surface area contributed by atoms with Crippen LogP contribution in [0, 0.1) is 4.77 Å². The van der Waals surface area contributed by atoms with Crippen molar-refractivity contribution in [2.45, 2.75) is 19.6 Å². The molecule has 0 bridgehead atoms. The fourth-order valence-corrected chi connectivity index (χ4v) is 3.35. The van der Waals surface area contributed by atoms with Crippen LogP contribution >= 0.6 is 12.2 Å². The van der Waals surface area contributed by atoms with Crippen LogP contribution in [-0.4, -0.2) is 38.3 Å². The van der Waals surface area contributed by atoms with E-state index in [2.05, 4.69) is 39.6 Å². The zero-order valence-electron chi connectivity index (χ0n) is 14.0. The minimum Gasteiger partial charge on any atom is -0.497 e. The smallest absolute Gasteiger partial charge is 0.221 e. The van der Waals surface area contributed by atoms with Gasteiger partial charge in [0.25, 0.3) is 0 Å². The molecule has 0 radical (unpaired) electrons. The van der Waals surface area contributed by atoms with Crippen LogP contribution in [0.25, 0.3) is 5.69 Å². The maximum Gasteiger partial charge on any atom is 0.221 e. The molecular weight excluding hydrogens is 334 g/mol. The highest BCUT2D eigenvalue weighted by atomic mass is 32.1. The number of fused-ring (bicyclic) bond motifs is 1. The summed E-state index contributed by atoms with van der Waals surface area (Å²) in [7, 11) is 1.65. The van der Waals surface area contributed by atoms with Gasteiger partial charge in [0.15, 0.2) is 0 Å². The molecule has 6 nitrogen and oxygen atoms in total. The maximum absolute atomic E-state index is 5.56. The Morgan fingerprint density at radius 3 is 2.56 bits per heavy atom. The van der Waals surface area contributed by atoms with Gasteiger partial charge in [-0.1, -0.05) is 24.3 Å². The molecule has 1 aliphatic rings. The molecule has 0 atom stereocenters. The van der Waals surface area contributed by atoms with Gasteiger partial charge in [-0.15, -0.1) is 0 Å². The van der Waals surface area contributed by atoms with Gasteiger partial charge < -0.3 is 4.74 Å². The van der Waals surface area contributed by atoms with Crippen molar-refractivity contribution in [2.24, 2.45) is 0 Å². The molecule has 1 aromatic heterocycles. The monoisotopic (exact) mass is 353 g/mol. The first-order chi connectivity index (χ1) is 12.2. The van der Waals surface area contributed by atoms with E-state index >= 15 is 0 Å². The Morgan fingerprint density at radius 2 is 1.80 bits per heavy atom. The first kappa shape index (κ1) is 16.0. The third kappa shape index (κ3) is 3.20. The van der Waals surface area contributed by atoms with E-state index in [1.165, 1.54) is 11.1 Å². The van der Waals surface area contributed by atoms with Gasteiger partial charge in [0.05, 0.1) is 19.5 Å². The standard InChI is InChI=1S/C18H19N5OS/c1-24-17-8-6-16(7-9-17)23-18(25)22(19-20-23)13-21-11-10-14-4-2-3-5-15(14)12-21/h2-9H,10-13H2,1H3. The Bertz CT molecular complexity index is 931. The summed E-state index contributed by atoms with van der Waals surface area (Å²) in [5, 5.41) is 8.45. The molecule has 0 aliphatic carbocycles. The average molecular weight is 353 g/mol. The molecule has 25 heavy (non-hydrogen) atoms. The molecule has 128 valence electrons. The molecule has 3 aromatic rings. The molecule has 0 saturated heterocycles. The molecule has 2 heterocycles. The van der Waals surface area contributed by atoms with Crippen LogP contribution in [0.3, 0.4) is 0 Å². The lowest BCUT2D eigenvalue weighted by atomic mass is 10.0. The number of hydrogen-bond donors (Lipinski definition) is 0. The van der Waals surface area contributed by atoms with Crippen LogP contribution in [0.5, 0.6) is 5.75 Å². The van der Waals surface area contributed by atoms with Crippen molar-refractivity contribution in [3.63, 3.8) is 0 Å². The molecule has 0 amide bonds. The molecule has 4 rings (SSSR count). The van der Waals surface area contributed by atoms with E-state index in [4.69, 9.17) is 17.0 Å². The minimum absolute atomic E-state index is 0.587. The largest absolute Gasteiger partial charge is 0.497 e. The van der Waals surface area contributed by atoms with Crippen LogP contribution in [0.4, 0.5) is 0 Å². The Kier molecular flexibility index (Phi) is 4.33. The van der Waals surface area contributed by atoms with Crippen LogP contribution in [0.1, 0.15) is 11.1 Å². The Balaban J connectivity index is 1.53. The lowest BCUT2D eigenvalue weighted by Gasteiger charge is -2.28. The minimum atomic E-state index is 0.587. The van der Waals surface area contributed by atoms with Crippen molar-refractivity contribution in [2.75, 3.05) is 13.7 Å². The van der Waals surface area contributed by atoms with Crippen molar-refractivity contribution in [1.82, 2.24) is 24.7 Å². The third-order valence-corrected chi connectivity index (χ3v) is 4.88. The number of hydrogen-bond acceptors (Lipinski definition) is 5. The van der Waals surface area contributed by atoms with E-state index in [0.717, 1.165) is 30.9 Å². The number of aromatic nitrogens is 4. The first-order valence-corrected chi connectivity index (χ1v) is 8.62. The van der Waals surface area contributed by atoms with Crippen molar-refractivity contribution >= 4 is 12.2 Å². The van der Waals surface area contributed by atoms with Gasteiger partial charge >= 0.3 is 0 Å². The molecule has 0 unspecified atom stereocenters. The SMILES string of the molecule is COc1ccc(-n2nnn(CN3CCc4ccccc4C3)c2=S)cc1. The van der Waals surface area contributed by atoms with E-state index in [9.17, 15) is 0 Å². The summed E-state index contributed by atoms with van der Waals surface area (Å²) in [4.78, 5) is 2.34. The third-order valence-electron chi connectivity index (χ3n) is 4.50. The Morgan fingerprint density at radius 1 is 1.04 bits per heavy atom. The summed E-state index contributed by atoms with van der Waals surface area (Å²) in [5.41, 5.74) is 3.69. The second-order valence-electron chi connectivity index (χ2n) is 6.08. The topological polar surface area (TPSA) is 48.1 Å². The molecule has 0 saturated carbocycles. The van der Waals surface area contributed by atoms with Crippen molar-refractivity contribution in [1.29, 1.82) is 0 Å². The zero-order chi connectivity index (χ0) is 17.2. The first-order valence-electron chi connectivity index (χ1n) is 8.21. The average Bonchev–Trinajstić information content (AvgIpc) is 3.02. The van der Waals surface area contributed by atoms with Gasteiger partial charge in [-0.3, -0.25) is 4.90 Å². The normalized spacial score (nSPS) is 14.3. The van der Waals surface area contributed by atoms with Crippen molar-refractivity contribution < 1.29 is 4.74 Å². The van der Waals surface area contributed by atoms with Crippen molar-refractivity contribution in [3.05, 3.63) is 64.4 Å². The van der Waals surface area contributed by atoms with E-state index in [1.807, 2.05) is 24.3 Å². The second-order valence-corrected chi connectivity index (χ2v) is 6.45. The number of rotatable bonds is 4. The highest BCUT2D eigenvalue weighted by Gasteiger charge is 2.17. The lowest BCUT2D eigenvalue weighted by molar-refractivity contribution is 0.186. The molecule has 0 spiro atoms. The van der Waals surface area contributed by atoms with Crippen LogP contribution in [-0.2, 0) is 19.6 Å².